The van der Waals surface area contributed by atoms with Gasteiger partial charge < -0.3 is 34.1 Å². The van der Waals surface area contributed by atoms with Crippen molar-refractivity contribution in [1.29, 1.82) is 0 Å². The lowest BCUT2D eigenvalue weighted by Crippen LogP contribution is -2.50. The van der Waals surface area contributed by atoms with Crippen molar-refractivity contribution in [2.45, 2.75) is 39.5 Å². The van der Waals surface area contributed by atoms with Crippen LogP contribution in [0.1, 0.15) is 42.4 Å². The van der Waals surface area contributed by atoms with E-state index in [1.807, 2.05) is 33.8 Å². The topological polar surface area (TPSA) is 119 Å². The maximum absolute atomic E-state index is 13.2. The minimum Gasteiger partial charge on any atom is -0.474 e. The van der Waals surface area contributed by atoms with Gasteiger partial charge in [0.1, 0.15) is 17.9 Å². The molecule has 276 valence electrons. The van der Waals surface area contributed by atoms with E-state index in [1.54, 1.807) is 17.2 Å². The molecule has 5 rings (SSSR count). The number of morpholine rings is 1. The highest BCUT2D eigenvalue weighted by Crippen LogP contribution is 2.34. The highest BCUT2D eigenvalue weighted by molar-refractivity contribution is 6.04. The molecule has 0 atom stereocenters. The number of pyridine rings is 2. The van der Waals surface area contributed by atoms with Crippen LogP contribution < -0.4 is 15.0 Å². The SMILES string of the molecule is Cc1ncc(NC(=O)c2cccc(C(F)(F)F)c2)cc1-c1cnc(OCCOCCN2CCN(C(=O)OC(C)(C)C)CC2)c(N2CCOCC2)c1. The molecule has 0 unspecified atom stereocenters. The second-order valence-electron chi connectivity index (χ2n) is 13.3. The molecule has 0 saturated carbocycles. The molecule has 2 aliphatic rings. The number of hydrogen-bond acceptors (Lipinski definition) is 10. The summed E-state index contributed by atoms with van der Waals surface area (Å²) in [5.41, 5.74) is 1.66. The number of anilines is 2. The minimum absolute atomic E-state index is 0.119. The summed E-state index contributed by atoms with van der Waals surface area (Å²) >= 11 is 0. The van der Waals surface area contributed by atoms with Gasteiger partial charge in [0.15, 0.2) is 0 Å². The van der Waals surface area contributed by atoms with Crippen molar-refractivity contribution in [3.63, 3.8) is 0 Å². The van der Waals surface area contributed by atoms with Crippen LogP contribution in [0.3, 0.4) is 0 Å². The number of aromatic nitrogens is 2. The van der Waals surface area contributed by atoms with E-state index in [2.05, 4.69) is 25.1 Å². The second kappa shape index (κ2) is 16.7. The Labute approximate surface area is 295 Å². The fourth-order valence-electron chi connectivity index (χ4n) is 5.64. The fraction of sp³-hybridized carbons (Fsp3) is 0.500. The monoisotopic (exact) mass is 714 g/mol. The number of carbonyl (C=O) groups is 2. The first kappa shape index (κ1) is 37.8. The molecule has 15 heteroatoms. The highest BCUT2D eigenvalue weighted by Gasteiger charge is 2.31. The molecule has 0 aliphatic carbocycles. The van der Waals surface area contributed by atoms with Crippen molar-refractivity contribution in [2.75, 3.05) is 89.1 Å². The van der Waals surface area contributed by atoms with Crippen molar-refractivity contribution in [1.82, 2.24) is 19.8 Å². The van der Waals surface area contributed by atoms with Crippen LogP contribution >= 0.6 is 0 Å². The van der Waals surface area contributed by atoms with Gasteiger partial charge in [-0.1, -0.05) is 6.07 Å². The maximum atomic E-state index is 13.2. The number of nitrogens with one attached hydrogen (secondary N) is 1. The first-order valence-electron chi connectivity index (χ1n) is 17.0. The molecule has 0 radical (unpaired) electrons. The summed E-state index contributed by atoms with van der Waals surface area (Å²) in [5, 5.41) is 2.66. The second-order valence-corrected chi connectivity index (χ2v) is 13.3. The Morgan fingerprint density at radius 3 is 2.37 bits per heavy atom. The number of rotatable bonds is 11. The van der Waals surface area contributed by atoms with Gasteiger partial charge in [-0.25, -0.2) is 9.78 Å². The van der Waals surface area contributed by atoms with Crippen molar-refractivity contribution in [2.24, 2.45) is 0 Å². The Morgan fingerprint density at radius 2 is 1.67 bits per heavy atom. The zero-order valence-electron chi connectivity index (χ0n) is 29.4. The zero-order chi connectivity index (χ0) is 36.6. The van der Waals surface area contributed by atoms with Gasteiger partial charge in [0.25, 0.3) is 5.91 Å². The van der Waals surface area contributed by atoms with E-state index in [1.165, 1.54) is 18.3 Å². The number of benzene rings is 1. The number of ether oxygens (including phenoxy) is 4. The van der Waals surface area contributed by atoms with Crippen LogP contribution in [0.5, 0.6) is 5.88 Å². The van der Waals surface area contributed by atoms with E-state index in [9.17, 15) is 22.8 Å². The Morgan fingerprint density at radius 1 is 0.922 bits per heavy atom. The van der Waals surface area contributed by atoms with E-state index in [-0.39, 0.29) is 18.3 Å². The van der Waals surface area contributed by atoms with Crippen LogP contribution in [0.25, 0.3) is 11.1 Å². The summed E-state index contributed by atoms with van der Waals surface area (Å²) in [4.78, 5) is 40.4. The number of piperazine rings is 1. The third-order valence-corrected chi connectivity index (χ3v) is 8.33. The maximum Gasteiger partial charge on any atom is 0.416 e. The van der Waals surface area contributed by atoms with Gasteiger partial charge in [-0.2, -0.15) is 13.2 Å². The lowest BCUT2D eigenvalue weighted by molar-refractivity contribution is -0.137. The average molecular weight is 715 g/mol. The first-order valence-corrected chi connectivity index (χ1v) is 17.0. The number of alkyl halides is 3. The number of aryl methyl sites for hydroxylation is 1. The molecule has 12 nitrogen and oxygen atoms in total. The molecule has 4 heterocycles. The standard InChI is InChI=1S/C36H45F3N6O6/c1-25-30(22-29(24-40-25)42-32(46)26-6-5-7-28(20-26)36(37,38)39)27-21-31(44-13-16-48-17-14-44)33(41-23-27)50-19-18-49-15-12-43-8-10-45(11-9-43)34(47)51-35(2,3)4/h5-7,20-24H,8-19H2,1-4H3,(H,42,46). The van der Waals surface area contributed by atoms with Gasteiger partial charge in [0.2, 0.25) is 5.88 Å². The number of amides is 2. The zero-order valence-corrected chi connectivity index (χ0v) is 29.4. The molecule has 1 aromatic carbocycles. The number of halogens is 3. The van der Waals surface area contributed by atoms with Gasteiger partial charge >= 0.3 is 12.3 Å². The molecule has 2 aromatic heterocycles. The molecule has 3 aromatic rings. The first-order chi connectivity index (χ1) is 24.3. The lowest BCUT2D eigenvalue weighted by atomic mass is 10.0. The predicted molar refractivity (Wildman–Crippen MR) is 185 cm³/mol. The molecule has 0 spiro atoms. The highest BCUT2D eigenvalue weighted by atomic mass is 19.4. The minimum atomic E-state index is -4.56. The number of nitrogens with zero attached hydrogens (tertiary/aromatic N) is 5. The average Bonchev–Trinajstić information content (AvgIpc) is 3.10. The normalized spacial score (nSPS) is 15.8. The lowest BCUT2D eigenvalue weighted by Gasteiger charge is -2.35. The fourth-order valence-corrected chi connectivity index (χ4v) is 5.64. The summed E-state index contributed by atoms with van der Waals surface area (Å²) in [6.45, 7) is 14.4. The summed E-state index contributed by atoms with van der Waals surface area (Å²) < 4.78 is 62.6. The molecule has 51 heavy (non-hydrogen) atoms. The third kappa shape index (κ3) is 10.8. The van der Waals surface area contributed by atoms with Crippen molar-refractivity contribution in [3.05, 3.63) is 65.6 Å². The molecule has 2 fully saturated rings. The van der Waals surface area contributed by atoms with Crippen molar-refractivity contribution >= 4 is 23.4 Å². The van der Waals surface area contributed by atoms with Gasteiger partial charge in [-0.3, -0.25) is 14.7 Å². The summed E-state index contributed by atoms with van der Waals surface area (Å²) in [5.74, 6) is -0.237. The van der Waals surface area contributed by atoms with E-state index < -0.39 is 23.2 Å². The number of carbonyl (C=O) groups excluding carboxylic acids is 2. The van der Waals surface area contributed by atoms with Crippen LogP contribution in [0.2, 0.25) is 0 Å². The van der Waals surface area contributed by atoms with Gasteiger partial charge in [-0.15, -0.1) is 0 Å². The van der Waals surface area contributed by atoms with E-state index in [4.69, 9.17) is 18.9 Å². The Kier molecular flexibility index (Phi) is 12.4. The van der Waals surface area contributed by atoms with Gasteiger partial charge in [0, 0.05) is 74.4 Å². The quantitative estimate of drug-likeness (QED) is 0.255. The molecule has 2 saturated heterocycles. The molecule has 2 amide bonds. The predicted octanol–water partition coefficient (Wildman–Crippen LogP) is 5.51. The van der Waals surface area contributed by atoms with E-state index >= 15 is 0 Å². The van der Waals surface area contributed by atoms with Crippen LogP contribution in [-0.4, -0.2) is 116 Å². The summed E-state index contributed by atoms with van der Waals surface area (Å²) in [6.07, 6.45) is -1.72. The molecular formula is C36H45F3N6O6. The molecule has 2 aliphatic heterocycles. The number of hydrogen-bond donors (Lipinski definition) is 1. The van der Waals surface area contributed by atoms with Crippen molar-refractivity contribution in [3.8, 4) is 17.0 Å². The van der Waals surface area contributed by atoms with Crippen molar-refractivity contribution < 1.29 is 41.7 Å². The van der Waals surface area contributed by atoms with Crippen LogP contribution in [-0.2, 0) is 20.4 Å². The summed E-state index contributed by atoms with van der Waals surface area (Å²) in [7, 11) is 0. The Bertz CT molecular complexity index is 1650. The third-order valence-electron chi connectivity index (χ3n) is 8.33. The Balaban J connectivity index is 1.18. The van der Waals surface area contributed by atoms with Gasteiger partial charge in [0.05, 0.1) is 43.9 Å². The van der Waals surface area contributed by atoms with Crippen LogP contribution in [0.15, 0.2) is 48.8 Å². The van der Waals surface area contributed by atoms with Crippen LogP contribution in [0, 0.1) is 6.92 Å². The smallest absolute Gasteiger partial charge is 0.416 e. The van der Waals surface area contributed by atoms with E-state index in [0.29, 0.717) is 75.4 Å². The van der Waals surface area contributed by atoms with E-state index in [0.717, 1.165) is 43.0 Å². The molecule has 0 bridgehead atoms. The largest absolute Gasteiger partial charge is 0.474 e. The Hall–Kier alpha value is -4.47. The molecule has 1 N–H and O–H groups in total. The summed E-state index contributed by atoms with van der Waals surface area (Å²) in [6, 6.07) is 7.93. The van der Waals surface area contributed by atoms with Crippen LogP contribution in [0.4, 0.5) is 29.3 Å². The molecular weight excluding hydrogens is 669 g/mol. The van der Waals surface area contributed by atoms with Gasteiger partial charge in [-0.05, 0) is 58.0 Å².